The fraction of sp³-hybridized carbons (Fsp3) is 0.250. The zero-order valence-electron chi connectivity index (χ0n) is 9.16. The van der Waals surface area contributed by atoms with Crippen LogP contribution in [0.15, 0.2) is 24.3 Å². The molecule has 1 N–H and O–H groups in total. The maximum absolute atomic E-state index is 4.44. The monoisotopic (exact) mass is 218 g/mol. The first-order valence-electron chi connectivity index (χ1n) is 4.93. The average molecular weight is 218 g/mol. The van der Waals surface area contributed by atoms with Crippen LogP contribution in [0.2, 0.25) is 0 Å². The molecule has 0 spiro atoms. The van der Waals surface area contributed by atoms with Crippen molar-refractivity contribution in [3.8, 4) is 0 Å². The van der Waals surface area contributed by atoms with Crippen molar-refractivity contribution >= 4 is 22.2 Å². The van der Waals surface area contributed by atoms with Crippen LogP contribution in [0.5, 0.6) is 0 Å². The van der Waals surface area contributed by atoms with Crippen LogP contribution in [0.25, 0.3) is 0 Å². The van der Waals surface area contributed by atoms with Crippen LogP contribution < -0.4 is 5.32 Å². The molecule has 2 rings (SSSR count). The van der Waals surface area contributed by atoms with Gasteiger partial charge in [-0.25, -0.2) is 4.98 Å². The maximum Gasteiger partial charge on any atom is 0.187 e. The Labute approximate surface area is 94.0 Å². The quantitative estimate of drug-likeness (QED) is 0.829. The van der Waals surface area contributed by atoms with Crippen LogP contribution in [0.1, 0.15) is 16.1 Å². The first-order chi connectivity index (χ1) is 7.15. The third-order valence-corrected chi connectivity index (χ3v) is 3.29. The third kappa shape index (κ3) is 2.36. The van der Waals surface area contributed by atoms with E-state index >= 15 is 0 Å². The van der Waals surface area contributed by atoms with E-state index < -0.39 is 0 Å². The molecule has 15 heavy (non-hydrogen) atoms. The van der Waals surface area contributed by atoms with E-state index in [-0.39, 0.29) is 0 Å². The third-order valence-electron chi connectivity index (χ3n) is 2.30. The minimum Gasteiger partial charge on any atom is -0.332 e. The van der Waals surface area contributed by atoms with E-state index in [0.29, 0.717) is 0 Å². The van der Waals surface area contributed by atoms with Crippen LogP contribution in [0.4, 0.5) is 10.8 Å². The summed E-state index contributed by atoms with van der Waals surface area (Å²) in [5.74, 6) is 0. The molecule has 0 aliphatic carbocycles. The number of nitrogens with zero attached hydrogens (tertiary/aromatic N) is 1. The molecule has 78 valence electrons. The summed E-state index contributed by atoms with van der Waals surface area (Å²) in [7, 11) is 0. The highest BCUT2D eigenvalue weighted by molar-refractivity contribution is 7.15. The summed E-state index contributed by atoms with van der Waals surface area (Å²) in [6.45, 7) is 6.21. The van der Waals surface area contributed by atoms with E-state index in [4.69, 9.17) is 0 Å². The molecule has 0 aliphatic heterocycles. The van der Waals surface area contributed by atoms with Crippen molar-refractivity contribution in [2.24, 2.45) is 0 Å². The van der Waals surface area contributed by atoms with Crippen molar-refractivity contribution < 1.29 is 0 Å². The summed E-state index contributed by atoms with van der Waals surface area (Å²) in [5, 5.41) is 4.28. The Hall–Kier alpha value is -1.35. The Morgan fingerprint density at radius 3 is 2.60 bits per heavy atom. The topological polar surface area (TPSA) is 24.9 Å². The van der Waals surface area contributed by atoms with Crippen molar-refractivity contribution in [3.05, 3.63) is 40.4 Å². The molecular formula is C12H14N2S. The Morgan fingerprint density at radius 2 is 2.00 bits per heavy atom. The fourth-order valence-corrected chi connectivity index (χ4v) is 2.21. The lowest BCUT2D eigenvalue weighted by molar-refractivity contribution is 1.23. The van der Waals surface area contributed by atoms with Crippen molar-refractivity contribution in [2.75, 3.05) is 5.32 Å². The minimum atomic E-state index is 0.968. The van der Waals surface area contributed by atoms with Gasteiger partial charge in [0.1, 0.15) is 0 Å². The van der Waals surface area contributed by atoms with Gasteiger partial charge in [-0.1, -0.05) is 12.1 Å². The average Bonchev–Trinajstić information content (AvgIpc) is 2.45. The van der Waals surface area contributed by atoms with Crippen LogP contribution >= 0.6 is 11.3 Å². The van der Waals surface area contributed by atoms with Crippen LogP contribution in [0, 0.1) is 20.8 Å². The van der Waals surface area contributed by atoms with Gasteiger partial charge in [0.15, 0.2) is 5.13 Å². The predicted molar refractivity (Wildman–Crippen MR) is 66.0 cm³/mol. The summed E-state index contributed by atoms with van der Waals surface area (Å²) in [6.07, 6.45) is 0. The molecule has 1 heterocycles. The molecule has 2 nitrogen and oxygen atoms in total. The first kappa shape index (κ1) is 10.2. The summed E-state index contributed by atoms with van der Waals surface area (Å²) in [6, 6.07) is 8.31. The van der Waals surface area contributed by atoms with Gasteiger partial charge in [-0.2, -0.15) is 0 Å². The Morgan fingerprint density at radius 1 is 1.20 bits per heavy atom. The van der Waals surface area contributed by atoms with Crippen molar-refractivity contribution in [3.63, 3.8) is 0 Å². The number of hydrogen-bond acceptors (Lipinski definition) is 3. The van der Waals surface area contributed by atoms with Crippen molar-refractivity contribution in [1.29, 1.82) is 0 Å². The molecule has 3 heteroatoms. The number of thiazole rings is 1. The van der Waals surface area contributed by atoms with Gasteiger partial charge in [-0.15, -0.1) is 11.3 Å². The van der Waals surface area contributed by atoms with Crippen LogP contribution in [0.3, 0.4) is 0 Å². The van der Waals surface area contributed by atoms with E-state index in [1.54, 1.807) is 11.3 Å². The molecular weight excluding hydrogens is 204 g/mol. The Kier molecular flexibility index (Phi) is 2.73. The molecule has 0 aliphatic rings. The SMILES string of the molecule is Cc1cccc(Nc2nc(C)c(C)s2)c1. The molecule has 0 radical (unpaired) electrons. The van der Waals surface area contributed by atoms with Gasteiger partial charge < -0.3 is 5.32 Å². The summed E-state index contributed by atoms with van der Waals surface area (Å²) >= 11 is 1.69. The molecule has 0 bridgehead atoms. The molecule has 0 saturated carbocycles. The van der Waals surface area contributed by atoms with Gasteiger partial charge in [0.25, 0.3) is 0 Å². The van der Waals surface area contributed by atoms with E-state index in [1.165, 1.54) is 10.4 Å². The van der Waals surface area contributed by atoms with Gasteiger partial charge >= 0.3 is 0 Å². The first-order valence-corrected chi connectivity index (χ1v) is 5.74. The highest BCUT2D eigenvalue weighted by Gasteiger charge is 2.03. The lowest BCUT2D eigenvalue weighted by Crippen LogP contribution is -1.89. The lowest BCUT2D eigenvalue weighted by Gasteiger charge is -2.02. The Bertz CT molecular complexity index is 455. The maximum atomic E-state index is 4.44. The Balaban J connectivity index is 2.22. The number of aryl methyl sites for hydroxylation is 3. The standard InChI is InChI=1S/C12H14N2S/c1-8-5-4-6-11(7-8)14-12-13-9(2)10(3)15-12/h4-7H,1-3H3,(H,13,14). The molecule has 1 aromatic carbocycles. The van der Waals surface area contributed by atoms with E-state index in [2.05, 4.69) is 42.3 Å². The molecule has 1 aromatic heterocycles. The van der Waals surface area contributed by atoms with Gasteiger partial charge in [-0.05, 0) is 38.5 Å². The molecule has 0 amide bonds. The number of nitrogens with one attached hydrogen (secondary N) is 1. The lowest BCUT2D eigenvalue weighted by atomic mass is 10.2. The minimum absolute atomic E-state index is 0.968. The molecule has 0 fully saturated rings. The zero-order valence-corrected chi connectivity index (χ0v) is 9.98. The van der Waals surface area contributed by atoms with Gasteiger partial charge in [0.2, 0.25) is 0 Å². The van der Waals surface area contributed by atoms with Gasteiger partial charge in [-0.3, -0.25) is 0 Å². The molecule has 0 saturated heterocycles. The normalized spacial score (nSPS) is 10.3. The number of rotatable bonds is 2. The molecule has 0 unspecified atom stereocenters. The van der Waals surface area contributed by atoms with Gasteiger partial charge in [0.05, 0.1) is 5.69 Å². The predicted octanol–water partition coefficient (Wildman–Crippen LogP) is 3.81. The number of anilines is 2. The second-order valence-electron chi connectivity index (χ2n) is 3.66. The highest BCUT2D eigenvalue weighted by Crippen LogP contribution is 2.24. The number of hydrogen-bond donors (Lipinski definition) is 1. The number of aromatic nitrogens is 1. The second kappa shape index (κ2) is 4.03. The largest absolute Gasteiger partial charge is 0.332 e. The fourth-order valence-electron chi connectivity index (χ4n) is 1.37. The highest BCUT2D eigenvalue weighted by atomic mass is 32.1. The van der Waals surface area contributed by atoms with Crippen LogP contribution in [-0.4, -0.2) is 4.98 Å². The van der Waals surface area contributed by atoms with E-state index in [9.17, 15) is 0 Å². The zero-order chi connectivity index (χ0) is 10.8. The van der Waals surface area contributed by atoms with Crippen molar-refractivity contribution in [1.82, 2.24) is 4.98 Å². The molecule has 0 atom stereocenters. The second-order valence-corrected chi connectivity index (χ2v) is 4.86. The number of benzene rings is 1. The van der Waals surface area contributed by atoms with E-state index in [0.717, 1.165) is 16.5 Å². The summed E-state index contributed by atoms with van der Waals surface area (Å²) in [4.78, 5) is 5.71. The summed E-state index contributed by atoms with van der Waals surface area (Å²) < 4.78 is 0. The smallest absolute Gasteiger partial charge is 0.187 e. The van der Waals surface area contributed by atoms with Crippen LogP contribution in [-0.2, 0) is 0 Å². The van der Waals surface area contributed by atoms with Gasteiger partial charge in [0, 0.05) is 10.6 Å². The molecule has 2 aromatic rings. The van der Waals surface area contributed by atoms with Crippen molar-refractivity contribution in [2.45, 2.75) is 20.8 Å². The summed E-state index contributed by atoms with van der Waals surface area (Å²) in [5.41, 5.74) is 3.46. The van der Waals surface area contributed by atoms with E-state index in [1.807, 2.05) is 13.0 Å².